The number of amides is 2. The Hall–Kier alpha value is -1.56. The van der Waals surface area contributed by atoms with Crippen LogP contribution in [-0.4, -0.2) is 34.6 Å². The van der Waals surface area contributed by atoms with Gasteiger partial charge in [0.25, 0.3) is 0 Å². The van der Waals surface area contributed by atoms with Gasteiger partial charge < -0.3 is 15.3 Å². The van der Waals surface area contributed by atoms with Crippen molar-refractivity contribution in [2.24, 2.45) is 0 Å². The number of carbonyl (C=O) groups is 2. The van der Waals surface area contributed by atoms with Crippen LogP contribution in [0.1, 0.15) is 48.6 Å². The van der Waals surface area contributed by atoms with Gasteiger partial charge >= 0.3 is 12.0 Å². The van der Waals surface area contributed by atoms with E-state index in [2.05, 4.69) is 11.4 Å². The fourth-order valence-electron chi connectivity index (χ4n) is 2.44. The SMILES string of the molecule is CCN(C(=O)NC(C)c1cc(C)sc1C)C(C)CC(=O)O. The van der Waals surface area contributed by atoms with Crippen LogP contribution in [0.2, 0.25) is 0 Å². The first-order chi connectivity index (χ1) is 9.76. The number of nitrogens with one attached hydrogen (secondary N) is 1. The molecule has 6 heteroatoms. The lowest BCUT2D eigenvalue weighted by atomic mass is 10.1. The van der Waals surface area contributed by atoms with E-state index in [9.17, 15) is 9.59 Å². The maximum absolute atomic E-state index is 12.3. The molecule has 1 rings (SSSR count). The number of nitrogens with zero attached hydrogens (tertiary/aromatic N) is 1. The highest BCUT2D eigenvalue weighted by molar-refractivity contribution is 7.12. The zero-order chi connectivity index (χ0) is 16.2. The highest BCUT2D eigenvalue weighted by atomic mass is 32.1. The fourth-order valence-corrected chi connectivity index (χ4v) is 3.47. The Morgan fingerprint density at radius 3 is 2.43 bits per heavy atom. The van der Waals surface area contributed by atoms with Gasteiger partial charge in [-0.1, -0.05) is 0 Å². The molecule has 21 heavy (non-hydrogen) atoms. The van der Waals surface area contributed by atoms with Crippen LogP contribution in [-0.2, 0) is 4.79 Å². The number of carboxylic acids is 1. The predicted molar refractivity (Wildman–Crippen MR) is 84.8 cm³/mol. The molecule has 0 aliphatic carbocycles. The monoisotopic (exact) mass is 312 g/mol. The third kappa shape index (κ3) is 4.74. The van der Waals surface area contributed by atoms with Gasteiger partial charge in [-0.05, 0) is 46.2 Å². The third-order valence-electron chi connectivity index (χ3n) is 3.49. The van der Waals surface area contributed by atoms with Crippen LogP contribution < -0.4 is 5.32 Å². The van der Waals surface area contributed by atoms with E-state index in [0.717, 1.165) is 5.56 Å². The van der Waals surface area contributed by atoms with Crippen molar-refractivity contribution >= 4 is 23.3 Å². The summed E-state index contributed by atoms with van der Waals surface area (Å²) in [4.78, 5) is 27.1. The minimum Gasteiger partial charge on any atom is -0.481 e. The minimum atomic E-state index is -0.897. The Balaban J connectivity index is 2.73. The van der Waals surface area contributed by atoms with Crippen LogP contribution in [0.5, 0.6) is 0 Å². The molecule has 0 fully saturated rings. The Kier molecular flexibility index (Phi) is 6.20. The van der Waals surface area contributed by atoms with Crippen molar-refractivity contribution in [2.45, 2.75) is 53.1 Å². The van der Waals surface area contributed by atoms with E-state index in [0.29, 0.717) is 6.54 Å². The average molecular weight is 312 g/mol. The summed E-state index contributed by atoms with van der Waals surface area (Å²) >= 11 is 1.71. The van der Waals surface area contributed by atoms with Crippen LogP contribution in [0, 0.1) is 13.8 Å². The number of aryl methyl sites for hydroxylation is 2. The molecule has 1 heterocycles. The van der Waals surface area contributed by atoms with E-state index < -0.39 is 5.97 Å². The predicted octanol–water partition coefficient (Wildman–Crippen LogP) is 3.32. The molecule has 1 aromatic heterocycles. The van der Waals surface area contributed by atoms with E-state index >= 15 is 0 Å². The second kappa shape index (κ2) is 7.45. The zero-order valence-corrected chi connectivity index (χ0v) is 14.1. The van der Waals surface area contributed by atoms with E-state index in [1.807, 2.05) is 27.7 Å². The first-order valence-corrected chi connectivity index (χ1v) is 7.93. The first kappa shape index (κ1) is 17.5. The molecule has 2 atom stereocenters. The van der Waals surface area contributed by atoms with Crippen molar-refractivity contribution in [3.8, 4) is 0 Å². The standard InChI is InChI=1S/C15H24N2O3S/c1-6-17(9(2)7-14(18)19)15(20)16-11(4)13-8-10(3)21-12(13)5/h8-9,11H,6-7H2,1-5H3,(H,16,20)(H,18,19). The van der Waals surface area contributed by atoms with Gasteiger partial charge in [0.1, 0.15) is 0 Å². The number of rotatable bonds is 6. The number of thiophene rings is 1. The van der Waals surface area contributed by atoms with Crippen molar-refractivity contribution in [1.82, 2.24) is 10.2 Å². The summed E-state index contributed by atoms with van der Waals surface area (Å²) in [6.45, 7) is 10.1. The molecular formula is C15H24N2O3S. The van der Waals surface area contributed by atoms with E-state index in [4.69, 9.17) is 5.11 Å². The largest absolute Gasteiger partial charge is 0.481 e. The van der Waals surface area contributed by atoms with Crippen molar-refractivity contribution < 1.29 is 14.7 Å². The summed E-state index contributed by atoms with van der Waals surface area (Å²) in [6.07, 6.45) is -0.0494. The van der Waals surface area contributed by atoms with Crippen LogP contribution in [0.25, 0.3) is 0 Å². The van der Waals surface area contributed by atoms with Gasteiger partial charge in [0, 0.05) is 22.3 Å². The van der Waals surface area contributed by atoms with Gasteiger partial charge in [0.2, 0.25) is 0 Å². The van der Waals surface area contributed by atoms with Crippen molar-refractivity contribution in [2.75, 3.05) is 6.54 Å². The normalized spacial score (nSPS) is 13.6. The molecule has 2 N–H and O–H groups in total. The Bertz CT molecular complexity index is 513. The lowest BCUT2D eigenvalue weighted by Crippen LogP contribution is -2.46. The number of hydrogen-bond donors (Lipinski definition) is 2. The second-order valence-electron chi connectivity index (χ2n) is 5.27. The maximum atomic E-state index is 12.3. The molecule has 0 aliphatic rings. The van der Waals surface area contributed by atoms with Gasteiger partial charge in [0.15, 0.2) is 0 Å². The van der Waals surface area contributed by atoms with Gasteiger partial charge in [-0.15, -0.1) is 11.3 Å². The summed E-state index contributed by atoms with van der Waals surface area (Å²) in [6, 6.07) is 1.45. The van der Waals surface area contributed by atoms with Crippen molar-refractivity contribution in [3.63, 3.8) is 0 Å². The summed E-state index contributed by atoms with van der Waals surface area (Å²) in [5.41, 5.74) is 1.12. The smallest absolute Gasteiger partial charge is 0.318 e. The molecular weight excluding hydrogens is 288 g/mol. The van der Waals surface area contributed by atoms with Crippen molar-refractivity contribution in [1.29, 1.82) is 0 Å². The molecule has 118 valence electrons. The molecule has 2 unspecified atom stereocenters. The van der Waals surface area contributed by atoms with Gasteiger partial charge in [-0.2, -0.15) is 0 Å². The van der Waals surface area contributed by atoms with Gasteiger partial charge in [-0.25, -0.2) is 4.79 Å². The highest BCUT2D eigenvalue weighted by Gasteiger charge is 2.23. The molecule has 0 spiro atoms. The number of carboxylic acid groups (broad SMARTS) is 1. The van der Waals surface area contributed by atoms with Gasteiger partial charge in [0.05, 0.1) is 12.5 Å². The lowest BCUT2D eigenvalue weighted by molar-refractivity contribution is -0.138. The zero-order valence-electron chi connectivity index (χ0n) is 13.3. The molecule has 2 amide bonds. The highest BCUT2D eigenvalue weighted by Crippen LogP contribution is 2.26. The minimum absolute atomic E-state index is 0.0494. The molecule has 0 saturated heterocycles. The summed E-state index contributed by atoms with van der Waals surface area (Å²) in [5.74, 6) is -0.897. The third-order valence-corrected chi connectivity index (χ3v) is 4.47. The van der Waals surface area contributed by atoms with Crippen molar-refractivity contribution in [3.05, 3.63) is 21.4 Å². The Morgan fingerprint density at radius 2 is 2.00 bits per heavy atom. The number of urea groups is 1. The summed E-state index contributed by atoms with van der Waals surface area (Å²) in [5, 5.41) is 11.8. The Morgan fingerprint density at radius 1 is 1.38 bits per heavy atom. The van der Waals surface area contributed by atoms with Crippen LogP contribution >= 0.6 is 11.3 Å². The van der Waals surface area contributed by atoms with E-state index in [1.165, 1.54) is 9.75 Å². The fraction of sp³-hybridized carbons (Fsp3) is 0.600. The van der Waals surface area contributed by atoms with Gasteiger partial charge in [-0.3, -0.25) is 4.79 Å². The number of aliphatic carboxylic acids is 1. The molecule has 0 radical (unpaired) electrons. The second-order valence-corrected chi connectivity index (χ2v) is 6.73. The van der Waals surface area contributed by atoms with E-state index in [1.54, 1.807) is 23.2 Å². The molecule has 5 nitrogen and oxygen atoms in total. The average Bonchev–Trinajstić information content (AvgIpc) is 2.68. The Labute approximate surface area is 130 Å². The van der Waals surface area contributed by atoms with E-state index in [-0.39, 0.29) is 24.5 Å². The van der Waals surface area contributed by atoms with Crippen LogP contribution in [0.3, 0.4) is 0 Å². The quantitative estimate of drug-likeness (QED) is 0.846. The molecule has 0 aliphatic heterocycles. The molecule has 0 bridgehead atoms. The van der Waals surface area contributed by atoms with Crippen LogP contribution in [0.15, 0.2) is 6.07 Å². The summed E-state index contributed by atoms with van der Waals surface area (Å²) < 4.78 is 0. The first-order valence-electron chi connectivity index (χ1n) is 7.12. The molecule has 0 aromatic carbocycles. The number of hydrogen-bond acceptors (Lipinski definition) is 3. The lowest BCUT2D eigenvalue weighted by Gasteiger charge is -2.29. The topological polar surface area (TPSA) is 69.6 Å². The van der Waals surface area contributed by atoms with Crippen LogP contribution in [0.4, 0.5) is 4.79 Å². The number of carbonyl (C=O) groups excluding carboxylic acids is 1. The molecule has 1 aromatic rings. The molecule has 0 saturated carbocycles. The summed E-state index contributed by atoms with van der Waals surface area (Å²) in [7, 11) is 0. The maximum Gasteiger partial charge on any atom is 0.318 e.